The number of piperidine rings is 2. The maximum atomic E-state index is 15.0. The van der Waals surface area contributed by atoms with Gasteiger partial charge in [0.2, 0.25) is 5.60 Å². The van der Waals surface area contributed by atoms with Crippen LogP contribution in [0, 0.1) is 17.2 Å². The van der Waals surface area contributed by atoms with E-state index in [9.17, 15) is 46.3 Å². The lowest BCUT2D eigenvalue weighted by molar-refractivity contribution is -0.160. The SMILES string of the molecule is CCC[C@H]1N(C(=O)c2ncccc2C(F)(F)F)CCC[C@@]1(Oc1csc(C(F)(F)F)c1)C(=O)N1CCC(C#N)(c2ccccc2COC2CC[C@H](C(=O)O)C2)CC1. The molecule has 4 heterocycles. The minimum Gasteiger partial charge on any atom is -0.481 e. The quantitative estimate of drug-likeness (QED) is 0.191. The third-order valence-electron chi connectivity index (χ3n) is 11.4. The second kappa shape index (κ2) is 16.7. The molecule has 0 spiro atoms. The van der Waals surface area contributed by atoms with Gasteiger partial charge in [-0.05, 0) is 68.2 Å². The standard InChI is InChI=1S/C40H42F6N4O6S/c1-2-7-31-38(56-28-21-32(57-23-28)40(44,45)46,13-6-17-50(31)34(51)33-30(39(41,42)43)10-5-16-48-33)36(54)49-18-14-37(24-47,15-19-49)29-9-4-3-8-26(29)22-55-27-12-11-25(20-27)35(52)53/h3-5,8-10,16,21,23,25,27,31H,2,6-7,11-15,17-20,22H2,1H3,(H,52,53)/t25-,27?,31+,38-/m0/s1. The second-order valence-electron chi connectivity index (χ2n) is 14.9. The summed E-state index contributed by atoms with van der Waals surface area (Å²) in [4.78, 5) is 46.0. The fourth-order valence-electron chi connectivity index (χ4n) is 8.51. The number of likely N-dealkylation sites (tertiary alicyclic amines) is 2. The Labute approximate surface area is 329 Å². The Morgan fingerprint density at radius 1 is 1.02 bits per heavy atom. The van der Waals surface area contributed by atoms with Crippen molar-refractivity contribution in [2.75, 3.05) is 19.6 Å². The summed E-state index contributed by atoms with van der Waals surface area (Å²) in [6.07, 6.45) is -6.56. The Hall–Kier alpha value is -4.69. The van der Waals surface area contributed by atoms with Crippen LogP contribution in [0.5, 0.6) is 5.75 Å². The van der Waals surface area contributed by atoms with Gasteiger partial charge in [0.15, 0.2) is 0 Å². The number of carboxylic acids is 1. The molecular formula is C40H42F6N4O6S. The zero-order valence-corrected chi connectivity index (χ0v) is 31.9. The van der Waals surface area contributed by atoms with Crippen LogP contribution in [-0.4, -0.2) is 75.1 Å². The van der Waals surface area contributed by atoms with E-state index in [1.54, 1.807) is 13.0 Å². The molecule has 2 saturated heterocycles. The first-order valence-corrected chi connectivity index (χ1v) is 19.7. The molecule has 2 aliphatic heterocycles. The van der Waals surface area contributed by atoms with E-state index in [0.29, 0.717) is 42.6 Å². The number of amides is 2. The molecule has 2 amide bonds. The van der Waals surface area contributed by atoms with Crippen molar-refractivity contribution in [2.24, 2.45) is 5.92 Å². The first-order chi connectivity index (χ1) is 27.0. The van der Waals surface area contributed by atoms with Crippen molar-refractivity contribution < 1.29 is 55.3 Å². The molecule has 1 N–H and O–H groups in total. The molecule has 17 heteroatoms. The van der Waals surface area contributed by atoms with Crippen LogP contribution in [0.4, 0.5) is 26.3 Å². The van der Waals surface area contributed by atoms with Crippen molar-refractivity contribution in [3.05, 3.63) is 81.3 Å². The predicted molar refractivity (Wildman–Crippen MR) is 194 cm³/mol. The monoisotopic (exact) mass is 820 g/mol. The Kier molecular flexibility index (Phi) is 12.3. The number of alkyl halides is 6. The molecular weight excluding hydrogens is 779 g/mol. The topological polar surface area (TPSA) is 133 Å². The summed E-state index contributed by atoms with van der Waals surface area (Å²) in [5.74, 6) is -3.33. The van der Waals surface area contributed by atoms with Gasteiger partial charge in [0.05, 0.1) is 41.7 Å². The van der Waals surface area contributed by atoms with Crippen LogP contribution in [0.2, 0.25) is 0 Å². The molecule has 3 aromatic rings. The summed E-state index contributed by atoms with van der Waals surface area (Å²) in [7, 11) is 0. The Bertz CT molecular complexity index is 1990. The molecule has 3 aliphatic rings. The van der Waals surface area contributed by atoms with Gasteiger partial charge in [-0.2, -0.15) is 31.6 Å². The van der Waals surface area contributed by atoms with Crippen LogP contribution in [0.15, 0.2) is 54.0 Å². The molecule has 57 heavy (non-hydrogen) atoms. The van der Waals surface area contributed by atoms with Gasteiger partial charge in [0, 0.05) is 43.7 Å². The van der Waals surface area contributed by atoms with Crippen molar-refractivity contribution >= 4 is 29.1 Å². The highest BCUT2D eigenvalue weighted by atomic mass is 32.1. The average Bonchev–Trinajstić information content (AvgIpc) is 3.88. The number of ether oxygens (including phenoxy) is 2. The van der Waals surface area contributed by atoms with Crippen LogP contribution >= 0.6 is 11.3 Å². The molecule has 306 valence electrons. The van der Waals surface area contributed by atoms with Gasteiger partial charge >= 0.3 is 18.3 Å². The number of hydrogen-bond acceptors (Lipinski definition) is 8. The van der Waals surface area contributed by atoms with E-state index < -0.39 is 69.2 Å². The minimum absolute atomic E-state index is 0.0261. The molecule has 1 saturated carbocycles. The van der Waals surface area contributed by atoms with Crippen molar-refractivity contribution in [1.29, 1.82) is 5.26 Å². The number of carbonyl (C=O) groups excluding carboxylic acids is 2. The third kappa shape index (κ3) is 8.62. The lowest BCUT2D eigenvalue weighted by Gasteiger charge is -2.51. The molecule has 1 aromatic carbocycles. The number of hydrogen-bond donors (Lipinski definition) is 1. The third-order valence-corrected chi connectivity index (χ3v) is 12.3. The first kappa shape index (κ1) is 41.9. The number of nitrogens with zero attached hydrogens (tertiary/aromatic N) is 4. The fourth-order valence-corrected chi connectivity index (χ4v) is 9.19. The molecule has 4 atom stereocenters. The molecule has 1 aliphatic carbocycles. The summed E-state index contributed by atoms with van der Waals surface area (Å²) in [5.41, 5.74) is -3.74. The van der Waals surface area contributed by atoms with E-state index in [-0.39, 0.29) is 70.2 Å². The van der Waals surface area contributed by atoms with E-state index >= 15 is 4.79 Å². The molecule has 0 bridgehead atoms. The van der Waals surface area contributed by atoms with Crippen molar-refractivity contribution in [2.45, 2.75) is 107 Å². The van der Waals surface area contributed by atoms with Gasteiger partial charge in [-0.15, -0.1) is 11.3 Å². The highest BCUT2D eigenvalue weighted by molar-refractivity contribution is 7.10. The maximum Gasteiger partial charge on any atom is 0.425 e. The summed E-state index contributed by atoms with van der Waals surface area (Å²) < 4.78 is 95.9. The van der Waals surface area contributed by atoms with Crippen molar-refractivity contribution in [1.82, 2.24) is 14.8 Å². The van der Waals surface area contributed by atoms with Gasteiger partial charge in [-0.1, -0.05) is 37.6 Å². The van der Waals surface area contributed by atoms with Crippen LogP contribution in [0.25, 0.3) is 0 Å². The zero-order chi connectivity index (χ0) is 41.2. The maximum absolute atomic E-state index is 15.0. The van der Waals surface area contributed by atoms with Crippen LogP contribution in [0.1, 0.15) is 96.8 Å². The first-order valence-electron chi connectivity index (χ1n) is 18.8. The molecule has 2 aromatic heterocycles. The number of carboxylic acid groups (broad SMARTS) is 1. The lowest BCUT2D eigenvalue weighted by atomic mass is 9.71. The Morgan fingerprint density at radius 2 is 1.75 bits per heavy atom. The highest BCUT2D eigenvalue weighted by Crippen LogP contribution is 2.44. The number of benzene rings is 1. The lowest BCUT2D eigenvalue weighted by Crippen LogP contribution is -2.68. The average molecular weight is 821 g/mol. The molecule has 3 fully saturated rings. The van der Waals surface area contributed by atoms with E-state index in [0.717, 1.165) is 40.2 Å². The van der Waals surface area contributed by atoms with Gasteiger partial charge < -0.3 is 24.4 Å². The fraction of sp³-hybridized carbons (Fsp3) is 0.525. The number of pyridine rings is 1. The molecule has 1 unspecified atom stereocenters. The number of nitriles is 1. The number of aliphatic carboxylic acids is 1. The van der Waals surface area contributed by atoms with E-state index in [2.05, 4.69) is 11.1 Å². The Balaban J connectivity index is 1.31. The Morgan fingerprint density at radius 3 is 2.39 bits per heavy atom. The number of aromatic nitrogens is 1. The van der Waals surface area contributed by atoms with E-state index in [1.165, 1.54) is 4.90 Å². The summed E-state index contributed by atoms with van der Waals surface area (Å²) in [5, 5.41) is 21.2. The van der Waals surface area contributed by atoms with Crippen molar-refractivity contribution in [3.8, 4) is 11.8 Å². The van der Waals surface area contributed by atoms with Crippen LogP contribution in [0.3, 0.4) is 0 Å². The van der Waals surface area contributed by atoms with Gasteiger partial charge in [0.25, 0.3) is 11.8 Å². The van der Waals surface area contributed by atoms with Crippen molar-refractivity contribution in [3.63, 3.8) is 0 Å². The number of thiophene rings is 1. The summed E-state index contributed by atoms with van der Waals surface area (Å²) >= 11 is 0.366. The minimum atomic E-state index is -4.92. The molecule has 0 radical (unpaired) electrons. The smallest absolute Gasteiger partial charge is 0.425 e. The van der Waals surface area contributed by atoms with E-state index in [4.69, 9.17) is 9.47 Å². The van der Waals surface area contributed by atoms with Gasteiger partial charge in [-0.3, -0.25) is 19.4 Å². The number of rotatable bonds is 11. The van der Waals surface area contributed by atoms with Gasteiger partial charge in [-0.25, -0.2) is 0 Å². The predicted octanol–water partition coefficient (Wildman–Crippen LogP) is 8.26. The molecule has 6 rings (SSSR count). The van der Waals surface area contributed by atoms with E-state index in [1.807, 2.05) is 18.2 Å². The largest absolute Gasteiger partial charge is 0.481 e. The molecule has 10 nitrogen and oxygen atoms in total. The summed E-state index contributed by atoms with van der Waals surface area (Å²) in [6.45, 7) is 1.89. The highest BCUT2D eigenvalue weighted by Gasteiger charge is 2.57. The summed E-state index contributed by atoms with van der Waals surface area (Å²) in [6, 6.07) is 11.1. The number of carbonyl (C=O) groups is 3. The van der Waals surface area contributed by atoms with Gasteiger partial charge in [0.1, 0.15) is 16.3 Å². The second-order valence-corrected chi connectivity index (χ2v) is 15.8. The van der Waals surface area contributed by atoms with Crippen LogP contribution in [-0.2, 0) is 38.7 Å². The zero-order valence-electron chi connectivity index (χ0n) is 31.1. The number of halogens is 6. The van der Waals surface area contributed by atoms with Crippen LogP contribution < -0.4 is 4.74 Å². The normalized spacial score (nSPS) is 23.9.